The van der Waals surface area contributed by atoms with Gasteiger partial charge < -0.3 is 4.74 Å². The summed E-state index contributed by atoms with van der Waals surface area (Å²) in [5.74, 6) is -0.887. The first-order valence-electron chi connectivity index (χ1n) is 4.96. The van der Waals surface area contributed by atoms with Gasteiger partial charge in [0.25, 0.3) is 0 Å². The van der Waals surface area contributed by atoms with Gasteiger partial charge >= 0.3 is 0 Å². The summed E-state index contributed by atoms with van der Waals surface area (Å²) in [6.07, 6.45) is 1.33. The van der Waals surface area contributed by atoms with Crippen LogP contribution in [-0.2, 0) is 4.74 Å². The topological polar surface area (TPSA) is 38.7 Å². The fraction of sp³-hybridized carbons (Fsp3) is 0.333. The number of hydrogen-bond acceptors (Lipinski definition) is 3. The minimum Gasteiger partial charge on any atom is -0.365 e. The lowest BCUT2D eigenvalue weighted by Crippen LogP contribution is -2.17. The number of rotatable bonds is 5. The SMILES string of the molecule is CN=CC(C)OCC(=O)c1ccccc1F. The Labute approximate surface area is 94.0 Å². The molecule has 1 aromatic carbocycles. The summed E-state index contributed by atoms with van der Waals surface area (Å²) in [7, 11) is 1.62. The second-order valence-corrected chi connectivity index (χ2v) is 3.33. The number of Topliss-reactive ketones (excluding diaryl/α,β-unsaturated/α-hetero) is 1. The first-order valence-corrected chi connectivity index (χ1v) is 4.96. The number of aliphatic imine (C=N–C) groups is 1. The molecule has 0 N–H and O–H groups in total. The normalized spacial score (nSPS) is 12.9. The summed E-state index contributed by atoms with van der Waals surface area (Å²) in [6, 6.07) is 5.86. The second-order valence-electron chi connectivity index (χ2n) is 3.33. The van der Waals surface area contributed by atoms with Crippen LogP contribution >= 0.6 is 0 Å². The summed E-state index contributed by atoms with van der Waals surface area (Å²) >= 11 is 0. The second kappa shape index (κ2) is 6.12. The van der Waals surface area contributed by atoms with Crippen LogP contribution in [0, 0.1) is 5.82 Å². The van der Waals surface area contributed by atoms with Crippen molar-refractivity contribution in [2.24, 2.45) is 4.99 Å². The van der Waals surface area contributed by atoms with Crippen molar-refractivity contribution in [2.45, 2.75) is 13.0 Å². The van der Waals surface area contributed by atoms with Crippen molar-refractivity contribution in [2.75, 3.05) is 13.7 Å². The minimum atomic E-state index is -0.520. The highest BCUT2D eigenvalue weighted by Crippen LogP contribution is 2.07. The van der Waals surface area contributed by atoms with Crippen LogP contribution in [0.3, 0.4) is 0 Å². The van der Waals surface area contributed by atoms with Crippen LogP contribution in [0.2, 0.25) is 0 Å². The smallest absolute Gasteiger partial charge is 0.191 e. The van der Waals surface area contributed by atoms with Crippen molar-refractivity contribution in [1.29, 1.82) is 0 Å². The minimum absolute atomic E-state index is 0.0585. The third kappa shape index (κ3) is 3.55. The van der Waals surface area contributed by atoms with Gasteiger partial charge in [0, 0.05) is 13.3 Å². The van der Waals surface area contributed by atoms with Gasteiger partial charge in [0.1, 0.15) is 12.4 Å². The zero-order valence-corrected chi connectivity index (χ0v) is 9.31. The maximum Gasteiger partial charge on any atom is 0.191 e. The molecule has 4 heteroatoms. The average molecular weight is 223 g/mol. The molecule has 3 nitrogen and oxygen atoms in total. The molecule has 0 aliphatic heterocycles. The zero-order valence-electron chi connectivity index (χ0n) is 9.31. The first-order chi connectivity index (χ1) is 7.65. The van der Waals surface area contributed by atoms with Crippen LogP contribution in [0.5, 0.6) is 0 Å². The Bertz CT molecular complexity index is 390. The standard InChI is InChI=1S/C12H14FNO2/c1-9(7-14-2)16-8-12(15)10-5-3-4-6-11(10)13/h3-7,9H,8H2,1-2H3. The molecule has 1 unspecified atom stereocenters. The van der Waals surface area contributed by atoms with Gasteiger partial charge in [-0.25, -0.2) is 4.39 Å². The maximum atomic E-state index is 13.2. The van der Waals surface area contributed by atoms with Gasteiger partial charge in [-0.1, -0.05) is 12.1 Å². The monoisotopic (exact) mass is 223 g/mol. The highest BCUT2D eigenvalue weighted by atomic mass is 19.1. The van der Waals surface area contributed by atoms with Crippen LogP contribution in [0.1, 0.15) is 17.3 Å². The average Bonchev–Trinajstić information content (AvgIpc) is 2.27. The first kappa shape index (κ1) is 12.5. The van der Waals surface area contributed by atoms with Gasteiger partial charge in [-0.15, -0.1) is 0 Å². The molecule has 0 heterocycles. The molecule has 0 saturated carbocycles. The van der Waals surface area contributed by atoms with Crippen LogP contribution in [0.15, 0.2) is 29.3 Å². The van der Waals surface area contributed by atoms with E-state index in [-0.39, 0.29) is 24.1 Å². The molecule has 1 atom stereocenters. The molecule has 86 valence electrons. The lowest BCUT2D eigenvalue weighted by Gasteiger charge is -2.07. The van der Waals surface area contributed by atoms with Crippen LogP contribution < -0.4 is 0 Å². The third-order valence-electron chi connectivity index (χ3n) is 2.01. The number of hydrogen-bond donors (Lipinski definition) is 0. The van der Waals surface area contributed by atoms with E-state index in [0.29, 0.717) is 0 Å². The van der Waals surface area contributed by atoms with Crippen molar-refractivity contribution in [3.05, 3.63) is 35.6 Å². The van der Waals surface area contributed by atoms with E-state index in [9.17, 15) is 9.18 Å². The Morgan fingerprint density at radius 1 is 1.56 bits per heavy atom. The molecule has 0 amide bonds. The van der Waals surface area contributed by atoms with E-state index in [1.165, 1.54) is 12.1 Å². The van der Waals surface area contributed by atoms with Gasteiger partial charge in [0.15, 0.2) is 5.78 Å². The Kier molecular flexibility index (Phi) is 4.79. The van der Waals surface area contributed by atoms with E-state index < -0.39 is 5.82 Å². The largest absolute Gasteiger partial charge is 0.365 e. The molecular formula is C12H14FNO2. The van der Waals surface area contributed by atoms with E-state index in [4.69, 9.17) is 4.74 Å². The summed E-state index contributed by atoms with van der Waals surface area (Å²) in [4.78, 5) is 15.3. The van der Waals surface area contributed by atoms with Crippen molar-refractivity contribution < 1.29 is 13.9 Å². The number of benzene rings is 1. The molecule has 1 rings (SSSR count). The number of carbonyl (C=O) groups is 1. The van der Waals surface area contributed by atoms with E-state index >= 15 is 0 Å². The molecule has 0 aliphatic carbocycles. The molecule has 0 fully saturated rings. The predicted molar refractivity (Wildman–Crippen MR) is 60.6 cm³/mol. The van der Waals surface area contributed by atoms with Gasteiger partial charge in [0.2, 0.25) is 0 Å². The zero-order chi connectivity index (χ0) is 12.0. The van der Waals surface area contributed by atoms with Crippen LogP contribution in [0.4, 0.5) is 4.39 Å². The molecule has 16 heavy (non-hydrogen) atoms. The number of carbonyl (C=O) groups excluding carboxylic acids is 1. The molecule has 0 spiro atoms. The highest BCUT2D eigenvalue weighted by Gasteiger charge is 2.11. The predicted octanol–water partition coefficient (Wildman–Crippen LogP) is 2.11. The van der Waals surface area contributed by atoms with Crippen molar-refractivity contribution in [3.63, 3.8) is 0 Å². The lowest BCUT2D eigenvalue weighted by molar-refractivity contribution is 0.0701. The molecule has 0 radical (unpaired) electrons. The van der Waals surface area contributed by atoms with Crippen molar-refractivity contribution in [3.8, 4) is 0 Å². The number of halogens is 1. The van der Waals surface area contributed by atoms with Gasteiger partial charge in [-0.2, -0.15) is 0 Å². The van der Waals surface area contributed by atoms with E-state index in [1.807, 2.05) is 0 Å². The molecule has 1 aromatic rings. The Hall–Kier alpha value is -1.55. The number of ketones is 1. The fourth-order valence-electron chi connectivity index (χ4n) is 1.23. The van der Waals surface area contributed by atoms with Gasteiger partial charge in [-0.3, -0.25) is 9.79 Å². The van der Waals surface area contributed by atoms with Gasteiger partial charge in [0.05, 0.1) is 11.7 Å². The van der Waals surface area contributed by atoms with Crippen LogP contribution in [-0.4, -0.2) is 31.8 Å². The summed E-state index contributed by atoms with van der Waals surface area (Å²) in [5, 5.41) is 0. The number of ether oxygens (including phenoxy) is 1. The summed E-state index contributed by atoms with van der Waals surface area (Å²) < 4.78 is 18.4. The summed E-state index contributed by atoms with van der Waals surface area (Å²) in [5.41, 5.74) is 0.0585. The fourth-order valence-corrected chi connectivity index (χ4v) is 1.23. The molecule has 0 bridgehead atoms. The quantitative estimate of drug-likeness (QED) is 0.566. The third-order valence-corrected chi connectivity index (χ3v) is 2.01. The maximum absolute atomic E-state index is 13.2. The Morgan fingerprint density at radius 3 is 2.88 bits per heavy atom. The molecular weight excluding hydrogens is 209 g/mol. The van der Waals surface area contributed by atoms with Gasteiger partial charge in [-0.05, 0) is 19.1 Å². The van der Waals surface area contributed by atoms with E-state index in [2.05, 4.69) is 4.99 Å². The van der Waals surface area contributed by atoms with Crippen LogP contribution in [0.25, 0.3) is 0 Å². The van der Waals surface area contributed by atoms with Crippen molar-refractivity contribution in [1.82, 2.24) is 0 Å². The van der Waals surface area contributed by atoms with Crippen molar-refractivity contribution >= 4 is 12.0 Å². The Morgan fingerprint density at radius 2 is 2.25 bits per heavy atom. The molecule has 0 aliphatic rings. The summed E-state index contributed by atoms with van der Waals surface area (Å²) in [6.45, 7) is 1.62. The Balaban J connectivity index is 2.57. The molecule has 0 saturated heterocycles. The van der Waals surface area contributed by atoms with E-state index in [0.717, 1.165) is 0 Å². The molecule has 0 aromatic heterocycles. The lowest BCUT2D eigenvalue weighted by atomic mass is 10.1. The van der Waals surface area contributed by atoms with E-state index in [1.54, 1.807) is 32.3 Å². The number of nitrogens with zero attached hydrogens (tertiary/aromatic N) is 1. The highest BCUT2D eigenvalue weighted by molar-refractivity contribution is 5.97.